The van der Waals surface area contributed by atoms with E-state index in [2.05, 4.69) is 55.5 Å². The van der Waals surface area contributed by atoms with Gasteiger partial charge in [-0.3, -0.25) is 0 Å². The Kier molecular flexibility index (Phi) is 5.72. The van der Waals surface area contributed by atoms with Crippen LogP contribution < -0.4 is 5.73 Å². The molecule has 118 valence electrons. The van der Waals surface area contributed by atoms with Crippen molar-refractivity contribution in [1.82, 2.24) is 0 Å². The lowest BCUT2D eigenvalue weighted by atomic mass is 9.92. The normalized spacial score (nSPS) is 11.6. The number of nitrogens with two attached hydrogens (primary N) is 1. The molecule has 0 radical (unpaired) electrons. The van der Waals surface area contributed by atoms with Gasteiger partial charge in [-0.15, -0.1) is 0 Å². The Hall–Kier alpha value is -1.68. The highest BCUT2D eigenvalue weighted by molar-refractivity contribution is 5.67. The minimum absolute atomic E-state index is 0.203. The number of rotatable bonds is 7. The fourth-order valence-corrected chi connectivity index (χ4v) is 2.56. The van der Waals surface area contributed by atoms with Crippen molar-refractivity contribution in [3.05, 3.63) is 59.7 Å². The van der Waals surface area contributed by atoms with Crippen LogP contribution in [0.15, 0.2) is 48.5 Å². The SMILES string of the molecule is CCc1ccccc1-c1ccc(CCC(N)(CO)CO)cc1. The zero-order valence-corrected chi connectivity index (χ0v) is 13.1. The van der Waals surface area contributed by atoms with Gasteiger partial charge in [0, 0.05) is 0 Å². The number of hydrogen-bond acceptors (Lipinski definition) is 3. The summed E-state index contributed by atoms with van der Waals surface area (Å²) >= 11 is 0. The fourth-order valence-electron chi connectivity index (χ4n) is 2.56. The first kappa shape index (κ1) is 16.7. The van der Waals surface area contributed by atoms with Crippen molar-refractivity contribution >= 4 is 0 Å². The molecule has 0 heterocycles. The molecule has 0 aliphatic carbocycles. The molecule has 2 rings (SSSR count). The predicted octanol–water partition coefficient (Wildman–Crippen LogP) is 2.53. The Morgan fingerprint density at radius 1 is 0.955 bits per heavy atom. The predicted molar refractivity (Wildman–Crippen MR) is 90.7 cm³/mol. The van der Waals surface area contributed by atoms with Crippen LogP contribution in [0.2, 0.25) is 0 Å². The van der Waals surface area contributed by atoms with Crippen molar-refractivity contribution < 1.29 is 10.2 Å². The largest absolute Gasteiger partial charge is 0.394 e. The highest BCUT2D eigenvalue weighted by Crippen LogP contribution is 2.25. The second-order valence-corrected chi connectivity index (χ2v) is 5.89. The minimum Gasteiger partial charge on any atom is -0.394 e. The molecule has 0 amide bonds. The molecule has 2 aromatic carbocycles. The number of hydrogen-bond donors (Lipinski definition) is 3. The van der Waals surface area contributed by atoms with Gasteiger partial charge in [-0.2, -0.15) is 0 Å². The van der Waals surface area contributed by atoms with Crippen LogP contribution in [0.3, 0.4) is 0 Å². The molecule has 0 fully saturated rings. The van der Waals surface area contributed by atoms with Gasteiger partial charge in [-0.25, -0.2) is 0 Å². The lowest BCUT2D eigenvalue weighted by Gasteiger charge is -2.24. The molecule has 2 aromatic rings. The summed E-state index contributed by atoms with van der Waals surface area (Å²) in [6, 6.07) is 16.9. The summed E-state index contributed by atoms with van der Waals surface area (Å²) in [5.74, 6) is 0. The quantitative estimate of drug-likeness (QED) is 0.736. The van der Waals surface area contributed by atoms with Gasteiger partial charge in [0.1, 0.15) is 0 Å². The maximum absolute atomic E-state index is 9.23. The average Bonchev–Trinajstić information content (AvgIpc) is 2.60. The topological polar surface area (TPSA) is 66.5 Å². The van der Waals surface area contributed by atoms with Gasteiger partial charge in [-0.1, -0.05) is 55.5 Å². The first-order chi connectivity index (χ1) is 10.6. The van der Waals surface area contributed by atoms with E-state index in [1.165, 1.54) is 16.7 Å². The smallest absolute Gasteiger partial charge is 0.0633 e. The highest BCUT2D eigenvalue weighted by atomic mass is 16.3. The Labute approximate surface area is 132 Å². The summed E-state index contributed by atoms with van der Waals surface area (Å²) in [7, 11) is 0. The second-order valence-electron chi connectivity index (χ2n) is 5.89. The van der Waals surface area contributed by atoms with E-state index in [1.54, 1.807) is 0 Å². The van der Waals surface area contributed by atoms with Gasteiger partial charge in [0.2, 0.25) is 0 Å². The number of aliphatic hydroxyl groups excluding tert-OH is 2. The van der Waals surface area contributed by atoms with Gasteiger partial charge in [-0.05, 0) is 41.5 Å². The maximum atomic E-state index is 9.23. The van der Waals surface area contributed by atoms with Crippen LogP contribution in [0, 0.1) is 0 Å². The molecule has 0 unspecified atom stereocenters. The Morgan fingerprint density at radius 3 is 2.18 bits per heavy atom. The third-order valence-electron chi connectivity index (χ3n) is 4.20. The zero-order chi connectivity index (χ0) is 16.0. The van der Waals surface area contributed by atoms with Crippen molar-refractivity contribution in [3.8, 4) is 11.1 Å². The molecule has 3 heteroatoms. The second kappa shape index (κ2) is 7.54. The summed E-state index contributed by atoms with van der Waals surface area (Å²) in [6.45, 7) is 1.76. The van der Waals surface area contributed by atoms with Gasteiger partial charge in [0.05, 0.1) is 18.8 Å². The molecular weight excluding hydrogens is 274 g/mol. The Balaban J connectivity index is 2.11. The van der Waals surface area contributed by atoms with Gasteiger partial charge in [0.15, 0.2) is 0 Å². The third kappa shape index (κ3) is 3.95. The van der Waals surface area contributed by atoms with Crippen molar-refractivity contribution in [3.63, 3.8) is 0 Å². The Morgan fingerprint density at radius 2 is 1.59 bits per heavy atom. The summed E-state index contributed by atoms with van der Waals surface area (Å²) in [6.07, 6.45) is 2.32. The Bertz CT molecular complexity index is 589. The van der Waals surface area contributed by atoms with Gasteiger partial charge in [0.25, 0.3) is 0 Å². The molecule has 0 saturated heterocycles. The molecule has 0 saturated carbocycles. The van der Waals surface area contributed by atoms with Crippen molar-refractivity contribution in [2.45, 2.75) is 31.7 Å². The molecule has 0 spiro atoms. The monoisotopic (exact) mass is 299 g/mol. The fraction of sp³-hybridized carbons (Fsp3) is 0.368. The zero-order valence-electron chi connectivity index (χ0n) is 13.1. The standard InChI is InChI=1S/C19H25NO2/c1-2-16-5-3-4-6-18(16)17-9-7-15(8-10-17)11-12-19(20,13-21)14-22/h3-10,21-22H,2,11-14,20H2,1H3. The molecule has 4 N–H and O–H groups in total. The van der Waals surface area contributed by atoms with E-state index in [-0.39, 0.29) is 13.2 Å². The van der Waals surface area contributed by atoms with E-state index < -0.39 is 5.54 Å². The lowest BCUT2D eigenvalue weighted by Crippen LogP contribution is -2.47. The number of aryl methyl sites for hydroxylation is 2. The lowest BCUT2D eigenvalue weighted by molar-refractivity contribution is 0.115. The van der Waals surface area contributed by atoms with Crippen LogP contribution in [0.1, 0.15) is 24.5 Å². The van der Waals surface area contributed by atoms with Crippen molar-refractivity contribution in [2.24, 2.45) is 5.73 Å². The van der Waals surface area contributed by atoms with Gasteiger partial charge < -0.3 is 15.9 Å². The third-order valence-corrected chi connectivity index (χ3v) is 4.20. The summed E-state index contributed by atoms with van der Waals surface area (Å²) in [5, 5.41) is 18.5. The van der Waals surface area contributed by atoms with Crippen LogP contribution in [0.4, 0.5) is 0 Å². The maximum Gasteiger partial charge on any atom is 0.0633 e. The summed E-state index contributed by atoms with van der Waals surface area (Å²) in [4.78, 5) is 0. The van der Waals surface area contributed by atoms with E-state index in [0.29, 0.717) is 6.42 Å². The van der Waals surface area contributed by atoms with Crippen LogP contribution in [-0.2, 0) is 12.8 Å². The molecule has 0 aliphatic rings. The minimum atomic E-state index is -0.895. The molecule has 22 heavy (non-hydrogen) atoms. The number of benzene rings is 2. The first-order valence-corrected chi connectivity index (χ1v) is 7.79. The molecule has 0 bridgehead atoms. The van der Waals surface area contributed by atoms with E-state index in [1.807, 2.05) is 0 Å². The molecular formula is C19H25NO2. The molecule has 3 nitrogen and oxygen atoms in total. The van der Waals surface area contributed by atoms with E-state index in [0.717, 1.165) is 18.4 Å². The average molecular weight is 299 g/mol. The van der Waals surface area contributed by atoms with Crippen LogP contribution in [0.25, 0.3) is 11.1 Å². The summed E-state index contributed by atoms with van der Waals surface area (Å²) in [5.41, 5.74) is 10.00. The molecule has 0 aliphatic heterocycles. The van der Waals surface area contributed by atoms with Crippen LogP contribution >= 0.6 is 0 Å². The van der Waals surface area contributed by atoms with Crippen molar-refractivity contribution in [1.29, 1.82) is 0 Å². The van der Waals surface area contributed by atoms with E-state index >= 15 is 0 Å². The summed E-state index contributed by atoms with van der Waals surface area (Å²) < 4.78 is 0. The van der Waals surface area contributed by atoms with Crippen LogP contribution in [0.5, 0.6) is 0 Å². The van der Waals surface area contributed by atoms with Crippen molar-refractivity contribution in [2.75, 3.05) is 13.2 Å². The van der Waals surface area contributed by atoms with Crippen LogP contribution in [-0.4, -0.2) is 29.0 Å². The molecule has 0 aromatic heterocycles. The first-order valence-electron chi connectivity index (χ1n) is 7.79. The van der Waals surface area contributed by atoms with Gasteiger partial charge >= 0.3 is 0 Å². The number of aliphatic hydroxyl groups is 2. The highest BCUT2D eigenvalue weighted by Gasteiger charge is 2.22. The van der Waals surface area contributed by atoms with E-state index in [9.17, 15) is 10.2 Å². The van der Waals surface area contributed by atoms with E-state index in [4.69, 9.17) is 5.73 Å². The molecule has 0 atom stereocenters.